The number of amides is 4. The first-order chi connectivity index (χ1) is 19.4. The Hall–Kier alpha value is -4.66. The Balaban J connectivity index is 1.40. The van der Waals surface area contributed by atoms with E-state index in [2.05, 4.69) is 0 Å². The molecule has 0 saturated carbocycles. The van der Waals surface area contributed by atoms with Crippen LogP contribution < -0.4 is 9.80 Å². The fourth-order valence-corrected chi connectivity index (χ4v) is 5.56. The molecule has 2 aliphatic heterocycles. The summed E-state index contributed by atoms with van der Waals surface area (Å²) in [4.78, 5) is 54.5. The first-order valence-electron chi connectivity index (χ1n) is 12.4. The van der Waals surface area contributed by atoms with Crippen LogP contribution in [0.4, 0.5) is 11.4 Å². The molecule has 0 aromatic heterocycles. The Morgan fingerprint density at radius 2 is 0.902 bits per heavy atom. The van der Waals surface area contributed by atoms with E-state index >= 15 is 0 Å². The van der Waals surface area contributed by atoms with Gasteiger partial charge in [-0.2, -0.15) is 0 Å². The predicted molar refractivity (Wildman–Crippen MR) is 154 cm³/mol. The molecular formula is C31H20Cl2N2O6. The average molecular weight is 587 g/mol. The van der Waals surface area contributed by atoms with E-state index in [9.17, 15) is 29.4 Å². The van der Waals surface area contributed by atoms with Gasteiger partial charge >= 0.3 is 0 Å². The Labute approximate surface area is 244 Å². The van der Waals surface area contributed by atoms with E-state index in [1.807, 2.05) is 13.8 Å². The predicted octanol–water partition coefficient (Wildman–Crippen LogP) is 6.33. The van der Waals surface area contributed by atoms with Crippen molar-refractivity contribution in [3.05, 3.63) is 116 Å². The first-order valence-corrected chi connectivity index (χ1v) is 13.2. The van der Waals surface area contributed by atoms with E-state index < -0.39 is 29.0 Å². The quantitative estimate of drug-likeness (QED) is 0.270. The summed E-state index contributed by atoms with van der Waals surface area (Å²) in [6, 6.07) is 17.9. The number of hydrogen-bond acceptors (Lipinski definition) is 6. The first kappa shape index (κ1) is 26.6. The lowest BCUT2D eigenvalue weighted by Gasteiger charge is -2.29. The van der Waals surface area contributed by atoms with Crippen LogP contribution in [0.5, 0.6) is 11.5 Å². The van der Waals surface area contributed by atoms with E-state index in [0.29, 0.717) is 21.2 Å². The van der Waals surface area contributed by atoms with Crippen molar-refractivity contribution >= 4 is 58.2 Å². The molecule has 0 unspecified atom stereocenters. The van der Waals surface area contributed by atoms with Crippen molar-refractivity contribution < 1.29 is 29.4 Å². The minimum absolute atomic E-state index is 0.00544. The zero-order valence-corrected chi connectivity index (χ0v) is 23.1. The largest absolute Gasteiger partial charge is 0.506 e. The number of carbonyl (C=O) groups is 4. The van der Waals surface area contributed by atoms with Crippen molar-refractivity contribution in [3.8, 4) is 11.5 Å². The number of phenols is 2. The minimum Gasteiger partial charge on any atom is -0.506 e. The van der Waals surface area contributed by atoms with Crippen molar-refractivity contribution in [3.63, 3.8) is 0 Å². The summed E-state index contributed by atoms with van der Waals surface area (Å²) in [7, 11) is 0. The minimum atomic E-state index is -0.852. The maximum atomic E-state index is 13.2. The number of imide groups is 2. The maximum absolute atomic E-state index is 13.2. The molecule has 0 fully saturated rings. The molecular weight excluding hydrogens is 567 g/mol. The summed E-state index contributed by atoms with van der Waals surface area (Å²) < 4.78 is 0. The molecule has 8 nitrogen and oxygen atoms in total. The molecule has 6 rings (SSSR count). The number of anilines is 2. The van der Waals surface area contributed by atoms with Crippen molar-refractivity contribution in [2.75, 3.05) is 9.80 Å². The maximum Gasteiger partial charge on any atom is 0.266 e. The normalized spacial score (nSPS) is 14.6. The van der Waals surface area contributed by atoms with E-state index in [1.165, 1.54) is 60.7 Å². The van der Waals surface area contributed by atoms with Gasteiger partial charge in [0.2, 0.25) is 0 Å². The van der Waals surface area contributed by atoms with Gasteiger partial charge in [-0.25, -0.2) is 9.80 Å². The molecule has 0 radical (unpaired) electrons. The number of hydrogen-bond donors (Lipinski definition) is 2. The van der Waals surface area contributed by atoms with Gasteiger partial charge in [0.15, 0.2) is 0 Å². The lowest BCUT2D eigenvalue weighted by molar-refractivity contribution is 0.0909. The molecule has 0 bridgehead atoms. The summed E-state index contributed by atoms with van der Waals surface area (Å²) in [6.07, 6.45) is 0. The van der Waals surface area contributed by atoms with E-state index in [0.717, 1.165) is 9.80 Å². The summed E-state index contributed by atoms with van der Waals surface area (Å²) in [6.45, 7) is 3.70. The van der Waals surface area contributed by atoms with Crippen molar-refractivity contribution in [1.82, 2.24) is 0 Å². The Kier molecular flexibility index (Phi) is 5.95. The Morgan fingerprint density at radius 3 is 1.29 bits per heavy atom. The smallest absolute Gasteiger partial charge is 0.266 e. The highest BCUT2D eigenvalue weighted by molar-refractivity contribution is 6.38. The van der Waals surface area contributed by atoms with Crippen LogP contribution in [0.1, 0.15) is 66.4 Å². The third kappa shape index (κ3) is 3.98. The SMILES string of the molecule is CC(C)(c1ccc(O)c(N2C(=O)c3ccc(Cl)cc3C2=O)c1)c1ccc(O)c(N2C(=O)c3ccc(Cl)cc3C2=O)c1. The molecule has 2 N–H and O–H groups in total. The van der Waals surface area contributed by atoms with Gasteiger partial charge in [-0.1, -0.05) is 49.2 Å². The average Bonchev–Trinajstić information content (AvgIpc) is 3.32. The molecule has 10 heteroatoms. The molecule has 204 valence electrons. The molecule has 2 heterocycles. The summed E-state index contributed by atoms with van der Waals surface area (Å²) in [5.74, 6) is -2.97. The van der Waals surface area contributed by atoms with Crippen LogP contribution in [-0.2, 0) is 5.41 Å². The highest BCUT2D eigenvalue weighted by atomic mass is 35.5. The molecule has 41 heavy (non-hydrogen) atoms. The number of fused-ring (bicyclic) bond motifs is 2. The van der Waals surface area contributed by atoms with Crippen LogP contribution >= 0.6 is 23.2 Å². The van der Waals surface area contributed by atoms with Gasteiger partial charge in [0, 0.05) is 15.5 Å². The zero-order valence-electron chi connectivity index (χ0n) is 21.6. The summed E-state index contributed by atoms with van der Waals surface area (Å²) in [5.41, 5.74) is 0.964. The second-order valence-corrected chi connectivity index (χ2v) is 11.2. The van der Waals surface area contributed by atoms with Gasteiger partial charge in [-0.05, 0) is 71.8 Å². The van der Waals surface area contributed by atoms with Crippen LogP contribution in [0, 0.1) is 0 Å². The van der Waals surface area contributed by atoms with Crippen LogP contribution in [0.2, 0.25) is 10.0 Å². The van der Waals surface area contributed by atoms with E-state index in [-0.39, 0.29) is 45.1 Å². The Bertz CT molecular complexity index is 1730. The molecule has 0 saturated heterocycles. The molecule has 0 aliphatic carbocycles. The van der Waals surface area contributed by atoms with Gasteiger partial charge in [-0.3, -0.25) is 19.2 Å². The Morgan fingerprint density at radius 1 is 0.537 bits per heavy atom. The standard InChI is InChI=1S/C31H20Cl2N2O6/c1-31(2,15-3-9-25(36)23(11-15)34-27(38)19-7-5-17(32)13-21(19)29(34)40)16-4-10-26(37)24(12-16)35-28(39)20-8-6-18(33)14-22(20)30(35)41/h3-14,36-37H,1-2H3. The third-order valence-corrected chi connectivity index (χ3v) is 8.04. The van der Waals surface area contributed by atoms with Gasteiger partial charge in [0.25, 0.3) is 23.6 Å². The second kappa shape index (κ2) is 9.19. The molecule has 2 aliphatic rings. The van der Waals surface area contributed by atoms with Crippen LogP contribution in [0.3, 0.4) is 0 Å². The number of aromatic hydroxyl groups is 2. The fourth-order valence-electron chi connectivity index (χ4n) is 5.21. The molecule has 0 atom stereocenters. The molecule has 4 aromatic carbocycles. The number of rotatable bonds is 4. The van der Waals surface area contributed by atoms with Gasteiger partial charge in [-0.15, -0.1) is 0 Å². The van der Waals surface area contributed by atoms with Crippen LogP contribution in [0.15, 0.2) is 72.8 Å². The number of phenolic OH excluding ortho intramolecular Hbond substituents is 2. The van der Waals surface area contributed by atoms with Crippen molar-refractivity contribution in [2.45, 2.75) is 19.3 Å². The van der Waals surface area contributed by atoms with Crippen molar-refractivity contribution in [2.24, 2.45) is 0 Å². The topological polar surface area (TPSA) is 115 Å². The number of halogens is 2. The molecule has 0 spiro atoms. The van der Waals surface area contributed by atoms with Crippen molar-refractivity contribution in [1.29, 1.82) is 0 Å². The zero-order chi connectivity index (χ0) is 29.4. The number of nitrogens with zero attached hydrogens (tertiary/aromatic N) is 2. The van der Waals surface area contributed by atoms with Gasteiger partial charge in [0.1, 0.15) is 11.5 Å². The van der Waals surface area contributed by atoms with E-state index in [1.54, 1.807) is 12.1 Å². The lowest BCUT2D eigenvalue weighted by Crippen LogP contribution is -2.31. The van der Waals surface area contributed by atoms with Gasteiger partial charge < -0.3 is 10.2 Å². The van der Waals surface area contributed by atoms with Gasteiger partial charge in [0.05, 0.1) is 33.6 Å². The lowest BCUT2D eigenvalue weighted by atomic mass is 9.77. The third-order valence-electron chi connectivity index (χ3n) is 7.57. The van der Waals surface area contributed by atoms with E-state index in [4.69, 9.17) is 23.2 Å². The van der Waals surface area contributed by atoms with Crippen LogP contribution in [-0.4, -0.2) is 33.8 Å². The fraction of sp³-hybridized carbons (Fsp3) is 0.0968. The summed E-state index contributed by atoms with van der Waals surface area (Å²) in [5, 5.41) is 22.0. The number of benzene rings is 4. The second-order valence-electron chi connectivity index (χ2n) is 10.3. The molecule has 4 aromatic rings. The number of carbonyl (C=O) groups excluding carboxylic acids is 4. The summed E-state index contributed by atoms with van der Waals surface area (Å²) >= 11 is 12.1. The van der Waals surface area contributed by atoms with Crippen LogP contribution in [0.25, 0.3) is 0 Å². The highest BCUT2D eigenvalue weighted by Gasteiger charge is 2.40. The molecule has 4 amide bonds. The highest BCUT2D eigenvalue weighted by Crippen LogP contribution is 2.43. The monoisotopic (exact) mass is 586 g/mol.